The predicted molar refractivity (Wildman–Crippen MR) is 106 cm³/mol. The first-order valence-electron chi connectivity index (χ1n) is 9.56. The summed E-state index contributed by atoms with van der Waals surface area (Å²) in [5.41, 5.74) is 10.2. The lowest BCUT2D eigenvalue weighted by molar-refractivity contribution is -0.660. The highest BCUT2D eigenvalue weighted by Gasteiger charge is 2.34. The number of pyridine rings is 1. The van der Waals surface area contributed by atoms with Gasteiger partial charge in [0.2, 0.25) is 11.2 Å². The standard InChI is InChI=1S/C22H20N.C2H6/c1-15-10-11-18(16-6-3-2-4-7-16)20-12-13-21-19-9-5-8-17(19)14-23(21)22(15)20;1-2/h2-4,6-7,10-13H,5,8-9,14H2,1H3;1-2H3/q+1;. The second kappa shape index (κ2) is 6.48. The van der Waals surface area contributed by atoms with E-state index in [0.717, 1.165) is 6.54 Å². The summed E-state index contributed by atoms with van der Waals surface area (Å²) in [6, 6.07) is 20.0. The molecule has 126 valence electrons. The minimum atomic E-state index is 1.10. The molecular formula is C24H26N+. The lowest BCUT2D eigenvalue weighted by atomic mass is 9.97. The van der Waals surface area contributed by atoms with Gasteiger partial charge in [-0.1, -0.05) is 56.3 Å². The number of aromatic nitrogens is 1. The maximum absolute atomic E-state index is 2.56. The van der Waals surface area contributed by atoms with Gasteiger partial charge in [-0.15, -0.1) is 0 Å². The van der Waals surface area contributed by atoms with E-state index in [9.17, 15) is 0 Å². The topological polar surface area (TPSA) is 3.88 Å². The fourth-order valence-electron chi connectivity index (χ4n) is 4.39. The molecular weight excluding hydrogens is 302 g/mol. The van der Waals surface area contributed by atoms with Crippen LogP contribution in [-0.4, -0.2) is 0 Å². The molecule has 0 amide bonds. The first-order chi connectivity index (χ1) is 12.3. The summed E-state index contributed by atoms with van der Waals surface area (Å²) >= 11 is 0. The van der Waals surface area contributed by atoms with Crippen molar-refractivity contribution in [3.05, 3.63) is 71.4 Å². The highest BCUT2D eigenvalue weighted by Crippen LogP contribution is 2.38. The Morgan fingerprint density at radius 3 is 2.44 bits per heavy atom. The van der Waals surface area contributed by atoms with Crippen molar-refractivity contribution < 1.29 is 4.57 Å². The van der Waals surface area contributed by atoms with E-state index in [4.69, 9.17) is 0 Å². The molecule has 2 aromatic carbocycles. The van der Waals surface area contributed by atoms with Crippen molar-refractivity contribution in [3.8, 4) is 11.1 Å². The van der Waals surface area contributed by atoms with Crippen molar-refractivity contribution in [1.82, 2.24) is 0 Å². The third-order valence-corrected chi connectivity index (χ3v) is 5.46. The van der Waals surface area contributed by atoms with Gasteiger partial charge in [0.25, 0.3) is 0 Å². The summed E-state index contributed by atoms with van der Waals surface area (Å²) in [4.78, 5) is 0. The second-order valence-electron chi connectivity index (χ2n) is 6.80. The van der Waals surface area contributed by atoms with Crippen molar-refractivity contribution in [2.75, 3.05) is 0 Å². The Labute approximate surface area is 150 Å². The average molecular weight is 328 g/mol. The van der Waals surface area contributed by atoms with Gasteiger partial charge >= 0.3 is 0 Å². The van der Waals surface area contributed by atoms with Crippen LogP contribution in [0.15, 0.2) is 60.2 Å². The summed E-state index contributed by atoms with van der Waals surface area (Å²) in [5.74, 6) is 0. The first kappa shape index (κ1) is 16.1. The quantitative estimate of drug-likeness (QED) is 0.477. The van der Waals surface area contributed by atoms with Gasteiger partial charge < -0.3 is 0 Å². The monoisotopic (exact) mass is 328 g/mol. The zero-order chi connectivity index (χ0) is 17.4. The maximum Gasteiger partial charge on any atom is 0.216 e. The molecule has 5 rings (SSSR count). The molecule has 0 saturated heterocycles. The number of aryl methyl sites for hydroxylation is 1. The van der Waals surface area contributed by atoms with Gasteiger partial charge in [0.05, 0.1) is 5.39 Å². The molecule has 0 radical (unpaired) electrons. The van der Waals surface area contributed by atoms with Crippen molar-refractivity contribution in [2.45, 2.75) is 46.6 Å². The van der Waals surface area contributed by atoms with Crippen LogP contribution in [-0.2, 0) is 6.54 Å². The summed E-state index contributed by atoms with van der Waals surface area (Å²) in [6.07, 6.45) is 3.89. The van der Waals surface area contributed by atoms with E-state index < -0.39 is 0 Å². The number of nitrogens with zero attached hydrogens (tertiary/aromatic N) is 1. The lowest BCUT2D eigenvalue weighted by Crippen LogP contribution is -2.36. The van der Waals surface area contributed by atoms with E-state index in [1.165, 1.54) is 52.5 Å². The molecule has 1 aliphatic carbocycles. The fourth-order valence-corrected chi connectivity index (χ4v) is 4.39. The Kier molecular flexibility index (Phi) is 4.17. The van der Waals surface area contributed by atoms with E-state index in [1.54, 1.807) is 11.1 Å². The van der Waals surface area contributed by atoms with Crippen LogP contribution in [0.3, 0.4) is 0 Å². The Bertz CT molecular complexity index is 964. The molecule has 2 heterocycles. The molecule has 0 fully saturated rings. The highest BCUT2D eigenvalue weighted by molar-refractivity contribution is 5.95. The molecule has 25 heavy (non-hydrogen) atoms. The van der Waals surface area contributed by atoms with Gasteiger partial charge in [-0.3, -0.25) is 0 Å². The minimum absolute atomic E-state index is 1.10. The maximum atomic E-state index is 2.56. The van der Waals surface area contributed by atoms with E-state index in [-0.39, 0.29) is 0 Å². The number of allylic oxidation sites excluding steroid dienone is 2. The zero-order valence-electron chi connectivity index (χ0n) is 15.5. The smallest absolute Gasteiger partial charge is 0.187 e. The largest absolute Gasteiger partial charge is 0.216 e. The minimum Gasteiger partial charge on any atom is -0.187 e. The van der Waals surface area contributed by atoms with Crippen LogP contribution in [0.5, 0.6) is 0 Å². The van der Waals surface area contributed by atoms with E-state index >= 15 is 0 Å². The van der Waals surface area contributed by atoms with E-state index in [0.29, 0.717) is 0 Å². The Morgan fingerprint density at radius 1 is 0.840 bits per heavy atom. The molecule has 0 spiro atoms. The Hall–Kier alpha value is -2.41. The molecule has 1 aromatic heterocycles. The number of hydrogen-bond donors (Lipinski definition) is 0. The number of benzene rings is 2. The molecule has 1 nitrogen and oxygen atoms in total. The van der Waals surface area contributed by atoms with Gasteiger partial charge in [-0.25, -0.2) is 0 Å². The van der Waals surface area contributed by atoms with Gasteiger partial charge in [-0.05, 0) is 43.4 Å². The zero-order valence-corrected chi connectivity index (χ0v) is 15.5. The Balaban J connectivity index is 0.000000758. The summed E-state index contributed by atoms with van der Waals surface area (Å²) in [6.45, 7) is 7.34. The molecule has 3 aromatic rings. The molecule has 0 atom stereocenters. The molecule has 0 unspecified atom stereocenters. The summed E-state index contributed by atoms with van der Waals surface area (Å²) in [5, 5.41) is 1.38. The van der Waals surface area contributed by atoms with Crippen molar-refractivity contribution in [3.63, 3.8) is 0 Å². The SMILES string of the molecule is CC.Cc1ccc(-c2ccccc2)c2ccc3[n+](c12)CC1=C3CCC1. The number of hydrogen-bond acceptors (Lipinski definition) is 0. The van der Waals surface area contributed by atoms with Gasteiger partial charge in [0.15, 0.2) is 6.54 Å². The number of rotatable bonds is 1. The third-order valence-electron chi connectivity index (χ3n) is 5.46. The normalized spacial score (nSPS) is 15.0. The van der Waals surface area contributed by atoms with Crippen molar-refractivity contribution in [1.29, 1.82) is 0 Å². The van der Waals surface area contributed by atoms with Crippen LogP contribution in [0.25, 0.3) is 27.6 Å². The van der Waals surface area contributed by atoms with Crippen LogP contribution in [0, 0.1) is 6.92 Å². The Morgan fingerprint density at radius 2 is 1.64 bits per heavy atom. The van der Waals surface area contributed by atoms with Crippen LogP contribution >= 0.6 is 0 Å². The second-order valence-corrected chi connectivity index (χ2v) is 6.80. The molecule has 1 aliphatic heterocycles. The van der Waals surface area contributed by atoms with E-state index in [1.807, 2.05) is 13.8 Å². The highest BCUT2D eigenvalue weighted by atomic mass is 15.0. The van der Waals surface area contributed by atoms with Crippen LogP contribution in [0.2, 0.25) is 0 Å². The summed E-state index contributed by atoms with van der Waals surface area (Å²) in [7, 11) is 0. The van der Waals surface area contributed by atoms with E-state index in [2.05, 4.69) is 66.1 Å². The van der Waals surface area contributed by atoms with Gasteiger partial charge in [-0.2, -0.15) is 4.57 Å². The fraction of sp³-hybridized carbons (Fsp3) is 0.292. The predicted octanol–water partition coefficient (Wildman–Crippen LogP) is 6.08. The molecule has 0 bridgehead atoms. The molecule has 1 heteroatoms. The molecule has 0 N–H and O–H groups in total. The van der Waals surface area contributed by atoms with Crippen LogP contribution in [0.4, 0.5) is 0 Å². The summed E-state index contributed by atoms with van der Waals surface area (Å²) < 4.78 is 2.56. The number of fused-ring (bicyclic) bond motifs is 4. The molecule has 2 aliphatic rings. The molecule has 0 saturated carbocycles. The average Bonchev–Trinajstić information content (AvgIpc) is 3.25. The van der Waals surface area contributed by atoms with Crippen molar-refractivity contribution in [2.24, 2.45) is 0 Å². The van der Waals surface area contributed by atoms with Gasteiger partial charge in [0.1, 0.15) is 0 Å². The van der Waals surface area contributed by atoms with Crippen LogP contribution < -0.4 is 4.57 Å². The van der Waals surface area contributed by atoms with Crippen LogP contribution in [0.1, 0.15) is 44.4 Å². The van der Waals surface area contributed by atoms with Gasteiger partial charge in [0, 0.05) is 22.8 Å². The third kappa shape index (κ3) is 2.50. The van der Waals surface area contributed by atoms with Crippen molar-refractivity contribution >= 4 is 16.5 Å². The lowest BCUT2D eigenvalue weighted by Gasteiger charge is -2.10. The first-order valence-corrected chi connectivity index (χ1v) is 9.56.